The predicted molar refractivity (Wildman–Crippen MR) is 113 cm³/mol. The predicted octanol–water partition coefficient (Wildman–Crippen LogP) is 3.38. The van der Waals surface area contributed by atoms with Crippen molar-refractivity contribution in [1.29, 1.82) is 0 Å². The summed E-state index contributed by atoms with van der Waals surface area (Å²) in [5, 5.41) is 3.61. The topological polar surface area (TPSA) is 67.4 Å². The largest absolute Gasteiger partial charge is 0.518 e. The van der Waals surface area contributed by atoms with Gasteiger partial charge < -0.3 is 31.9 Å². The van der Waals surface area contributed by atoms with Crippen LogP contribution in [0.25, 0.3) is 0 Å². The summed E-state index contributed by atoms with van der Waals surface area (Å²) >= 11 is 0. The van der Waals surface area contributed by atoms with Gasteiger partial charge in [0.15, 0.2) is 0 Å². The zero-order valence-electron chi connectivity index (χ0n) is 18.6. The molecule has 0 aromatic heterocycles. The molecule has 1 atom stereocenters. The summed E-state index contributed by atoms with van der Waals surface area (Å²) in [5.74, 6) is 0. The molecule has 0 aromatic rings. The van der Waals surface area contributed by atoms with E-state index in [-0.39, 0.29) is 5.67 Å². The zero-order valence-corrected chi connectivity index (χ0v) is 20.6. The van der Waals surface area contributed by atoms with Crippen LogP contribution in [0, 0.1) is 0 Å². The highest BCUT2D eigenvalue weighted by Crippen LogP contribution is 2.20. The molecule has 27 heavy (non-hydrogen) atoms. The monoisotopic (exact) mass is 425 g/mol. The Kier molecular flexibility index (Phi) is 16.1. The van der Waals surface area contributed by atoms with Crippen molar-refractivity contribution in [2.75, 3.05) is 46.2 Å². The molecule has 0 saturated carbocycles. The Balaban J connectivity index is 4.90. The first-order valence-electron chi connectivity index (χ1n) is 10.6. The fourth-order valence-corrected chi connectivity index (χ4v) is 8.70. The third-order valence-electron chi connectivity index (χ3n) is 4.01. The summed E-state index contributed by atoms with van der Waals surface area (Å²) in [7, 11) is -5.35. The van der Waals surface area contributed by atoms with Gasteiger partial charge in [0, 0.05) is 45.7 Å². The van der Waals surface area contributed by atoms with Gasteiger partial charge in [0.25, 0.3) is 0 Å². The molecular formula is C18H43NO6Si2. The lowest BCUT2D eigenvalue weighted by Gasteiger charge is -2.35. The molecular weight excluding hydrogens is 382 g/mol. The second-order valence-electron chi connectivity index (χ2n) is 5.90. The van der Waals surface area contributed by atoms with Crippen molar-refractivity contribution in [2.45, 2.75) is 73.0 Å². The van der Waals surface area contributed by atoms with Gasteiger partial charge in [-0.05, 0) is 60.9 Å². The highest BCUT2D eigenvalue weighted by molar-refractivity contribution is 6.62. The average molecular weight is 426 g/mol. The molecule has 0 bridgehead atoms. The van der Waals surface area contributed by atoms with E-state index in [2.05, 4.69) is 12.2 Å². The van der Waals surface area contributed by atoms with E-state index in [4.69, 9.17) is 26.6 Å². The molecule has 9 heteroatoms. The van der Waals surface area contributed by atoms with Crippen LogP contribution in [0.2, 0.25) is 6.04 Å². The third kappa shape index (κ3) is 9.46. The lowest BCUT2D eigenvalue weighted by atomic mass is 10.4. The van der Waals surface area contributed by atoms with Gasteiger partial charge in [-0.25, -0.2) is 0 Å². The Morgan fingerprint density at radius 1 is 0.630 bits per heavy atom. The summed E-state index contributed by atoms with van der Waals surface area (Å²) in [4.78, 5) is 0. The Bertz CT molecular complexity index is 318. The van der Waals surface area contributed by atoms with Gasteiger partial charge in [0.05, 0.1) is 5.67 Å². The van der Waals surface area contributed by atoms with E-state index in [1.165, 1.54) is 0 Å². The summed E-state index contributed by atoms with van der Waals surface area (Å²) in [6, 6.07) is 0.790. The second-order valence-corrected chi connectivity index (χ2v) is 11.4. The fourth-order valence-electron chi connectivity index (χ4n) is 3.13. The van der Waals surface area contributed by atoms with Crippen molar-refractivity contribution in [3.63, 3.8) is 0 Å². The van der Waals surface area contributed by atoms with Gasteiger partial charge in [-0.1, -0.05) is 6.92 Å². The molecule has 0 rings (SSSR count). The summed E-state index contributed by atoms with van der Waals surface area (Å²) < 4.78 is 35.9. The van der Waals surface area contributed by atoms with Crippen molar-refractivity contribution in [1.82, 2.24) is 5.32 Å². The van der Waals surface area contributed by atoms with E-state index in [0.29, 0.717) is 39.6 Å². The molecule has 7 nitrogen and oxygen atoms in total. The molecule has 0 amide bonds. The Labute approximate surface area is 169 Å². The van der Waals surface area contributed by atoms with Gasteiger partial charge in [0.1, 0.15) is 0 Å². The van der Waals surface area contributed by atoms with Crippen molar-refractivity contribution >= 4 is 17.6 Å². The molecule has 0 aromatic carbocycles. The first kappa shape index (κ1) is 27.2. The van der Waals surface area contributed by atoms with Gasteiger partial charge in [-0.2, -0.15) is 0 Å². The van der Waals surface area contributed by atoms with Crippen molar-refractivity contribution in [2.24, 2.45) is 0 Å². The minimum absolute atomic E-state index is 0.0692. The van der Waals surface area contributed by atoms with E-state index in [0.717, 1.165) is 25.4 Å². The molecule has 0 spiro atoms. The van der Waals surface area contributed by atoms with E-state index < -0.39 is 17.6 Å². The highest BCUT2D eigenvalue weighted by Gasteiger charge is 2.48. The molecule has 0 saturated heterocycles. The molecule has 1 N–H and O–H groups in total. The van der Waals surface area contributed by atoms with Crippen LogP contribution in [-0.2, 0) is 26.6 Å². The highest BCUT2D eigenvalue weighted by atomic mass is 28.4. The number of hydrogen-bond donors (Lipinski definition) is 1. The first-order chi connectivity index (χ1) is 13.0. The van der Waals surface area contributed by atoms with Gasteiger partial charge in [0.2, 0.25) is 0 Å². The van der Waals surface area contributed by atoms with Crippen LogP contribution in [0.4, 0.5) is 0 Å². The Morgan fingerprint density at radius 2 is 1.04 bits per heavy atom. The molecule has 0 aliphatic carbocycles. The van der Waals surface area contributed by atoms with E-state index in [9.17, 15) is 0 Å². The quantitative estimate of drug-likeness (QED) is 0.251. The molecule has 0 heterocycles. The van der Waals surface area contributed by atoms with Gasteiger partial charge >= 0.3 is 17.6 Å². The van der Waals surface area contributed by atoms with Crippen LogP contribution in [0.15, 0.2) is 0 Å². The smallest absolute Gasteiger partial charge is 0.374 e. The molecule has 0 aliphatic rings. The minimum atomic E-state index is -2.76. The molecule has 1 unspecified atom stereocenters. The van der Waals surface area contributed by atoms with E-state index in [1.54, 1.807) is 0 Å². The number of nitrogens with one attached hydrogen (secondary N) is 1. The van der Waals surface area contributed by atoms with Crippen LogP contribution >= 0.6 is 0 Å². The van der Waals surface area contributed by atoms with Crippen LogP contribution < -0.4 is 5.32 Å². The van der Waals surface area contributed by atoms with Crippen molar-refractivity contribution < 1.29 is 26.6 Å². The first-order valence-corrected chi connectivity index (χ1v) is 14.3. The van der Waals surface area contributed by atoms with E-state index in [1.807, 2.05) is 41.5 Å². The summed E-state index contributed by atoms with van der Waals surface area (Å²) in [6.07, 6.45) is 1.79. The average Bonchev–Trinajstić information content (AvgIpc) is 2.63. The maximum Gasteiger partial charge on any atom is 0.518 e. The third-order valence-corrected chi connectivity index (χ3v) is 10.7. The molecule has 0 radical (unpaired) electrons. The van der Waals surface area contributed by atoms with Gasteiger partial charge in [-0.3, -0.25) is 0 Å². The van der Waals surface area contributed by atoms with Crippen LogP contribution in [0.3, 0.4) is 0 Å². The minimum Gasteiger partial charge on any atom is -0.374 e. The number of hydrogen-bond acceptors (Lipinski definition) is 7. The lowest BCUT2D eigenvalue weighted by Crippen LogP contribution is -2.62. The Hall–Kier alpha value is 0.154. The maximum atomic E-state index is 6.04. The molecule has 164 valence electrons. The van der Waals surface area contributed by atoms with Crippen LogP contribution in [0.1, 0.15) is 61.3 Å². The van der Waals surface area contributed by atoms with Gasteiger partial charge in [-0.15, -0.1) is 0 Å². The van der Waals surface area contributed by atoms with Crippen LogP contribution in [0.5, 0.6) is 0 Å². The molecule has 0 aliphatic heterocycles. The lowest BCUT2D eigenvalue weighted by molar-refractivity contribution is 0.0571. The summed E-state index contributed by atoms with van der Waals surface area (Å²) in [5.41, 5.74) is 0.0692. The van der Waals surface area contributed by atoms with Crippen molar-refractivity contribution in [3.05, 3.63) is 0 Å². The van der Waals surface area contributed by atoms with Crippen LogP contribution in [-0.4, -0.2) is 69.5 Å². The molecule has 0 fully saturated rings. The van der Waals surface area contributed by atoms with Crippen molar-refractivity contribution in [3.8, 4) is 0 Å². The SMILES string of the molecule is CCO[Si](CCCNC(CC)[Si](OCC)(OCC)OCC)(OCC)OCC. The van der Waals surface area contributed by atoms with E-state index >= 15 is 0 Å². The normalized spacial score (nSPS) is 13.9. The maximum absolute atomic E-state index is 6.04. The number of rotatable bonds is 19. The second kappa shape index (κ2) is 16.0. The standard InChI is InChI=1S/C18H43NO6Si2/c1-8-18(27(23-12-5,24-13-6)25-14-7)19-16-15-17-26(20-9-2,21-10-3)22-11-4/h18-19H,8-17H2,1-7H3. The fraction of sp³-hybridized carbons (Fsp3) is 1.00. The summed E-state index contributed by atoms with van der Waals surface area (Å²) in [6.45, 7) is 18.4. The zero-order chi connectivity index (χ0) is 20.6. The Morgan fingerprint density at radius 3 is 1.37 bits per heavy atom.